The van der Waals surface area contributed by atoms with Gasteiger partial charge in [0.15, 0.2) is 0 Å². The van der Waals surface area contributed by atoms with Gasteiger partial charge in [-0.2, -0.15) is 4.36 Å². The molecule has 1 aliphatic heterocycles. The molecule has 0 fully saturated rings. The van der Waals surface area contributed by atoms with E-state index >= 15 is 0 Å². The average Bonchev–Trinajstić information content (AvgIpc) is 2.49. The van der Waals surface area contributed by atoms with Crippen molar-refractivity contribution >= 4 is 43.1 Å². The zero-order chi connectivity index (χ0) is 15.0. The van der Waals surface area contributed by atoms with E-state index in [1.54, 1.807) is 37.3 Å². The maximum absolute atomic E-state index is 13.1. The molecule has 0 spiro atoms. The summed E-state index contributed by atoms with van der Waals surface area (Å²) in [5, 5.41) is 0. The van der Waals surface area contributed by atoms with Crippen LogP contribution in [0, 0.1) is 0 Å². The van der Waals surface area contributed by atoms with Crippen LogP contribution in [0.3, 0.4) is 0 Å². The van der Waals surface area contributed by atoms with Gasteiger partial charge in [0.1, 0.15) is 9.92 Å². The first-order valence-corrected chi connectivity index (χ1v) is 8.92. The predicted molar refractivity (Wildman–Crippen MR) is 88.2 cm³/mol. The monoisotopic (exact) mass is 364 g/mol. The number of para-hydroxylation sites is 1. The number of halogens is 1. The van der Waals surface area contributed by atoms with Gasteiger partial charge >= 0.3 is 0 Å². The van der Waals surface area contributed by atoms with Gasteiger partial charge in [0.25, 0.3) is 5.91 Å². The number of amides is 1. The molecule has 0 saturated carbocycles. The third kappa shape index (κ3) is 2.38. The van der Waals surface area contributed by atoms with Crippen molar-refractivity contribution in [2.75, 3.05) is 10.1 Å². The molecule has 6 heteroatoms. The molecule has 0 aromatic heterocycles. The van der Waals surface area contributed by atoms with Crippen molar-refractivity contribution in [3.63, 3.8) is 0 Å². The SMILES string of the molecule is CCS1(=O)=Nc2ccc(Br)cc2C(=O)N1c1ccccc1. The van der Waals surface area contributed by atoms with Crippen molar-refractivity contribution in [2.24, 2.45) is 4.36 Å². The molecule has 108 valence electrons. The van der Waals surface area contributed by atoms with E-state index < -0.39 is 9.92 Å². The molecule has 4 nitrogen and oxygen atoms in total. The first kappa shape index (κ1) is 14.3. The van der Waals surface area contributed by atoms with E-state index in [1.165, 1.54) is 4.31 Å². The van der Waals surface area contributed by atoms with E-state index in [9.17, 15) is 9.00 Å². The molecule has 0 bridgehead atoms. The van der Waals surface area contributed by atoms with Crippen LogP contribution < -0.4 is 4.31 Å². The van der Waals surface area contributed by atoms with Crippen LogP contribution in [0.5, 0.6) is 0 Å². The summed E-state index contributed by atoms with van der Waals surface area (Å²) in [7, 11) is -2.80. The summed E-state index contributed by atoms with van der Waals surface area (Å²) in [6.45, 7) is 1.78. The fourth-order valence-electron chi connectivity index (χ4n) is 2.23. The standard InChI is InChI=1S/C15H13BrN2O2S/c1-2-21(20)17-14-9-8-11(16)10-13(14)15(19)18(21)12-6-4-3-5-7-12/h3-10H,2H2,1H3. The molecule has 0 aliphatic carbocycles. The summed E-state index contributed by atoms with van der Waals surface area (Å²) in [4.78, 5) is 12.8. The quantitative estimate of drug-likeness (QED) is 0.803. The predicted octanol–water partition coefficient (Wildman–Crippen LogP) is 4.14. The summed E-state index contributed by atoms with van der Waals surface area (Å²) in [6.07, 6.45) is 0. The lowest BCUT2D eigenvalue weighted by Gasteiger charge is -2.29. The summed E-state index contributed by atoms with van der Waals surface area (Å²) in [6, 6.07) is 14.2. The van der Waals surface area contributed by atoms with Gasteiger partial charge in [-0.05, 0) is 30.3 Å². The van der Waals surface area contributed by atoms with Gasteiger partial charge in [-0.15, -0.1) is 0 Å². The highest BCUT2D eigenvalue weighted by atomic mass is 79.9. The highest BCUT2D eigenvalue weighted by Gasteiger charge is 2.33. The van der Waals surface area contributed by atoms with Crippen LogP contribution in [-0.2, 0) is 9.92 Å². The van der Waals surface area contributed by atoms with Gasteiger partial charge in [-0.25, -0.2) is 8.51 Å². The van der Waals surface area contributed by atoms with Gasteiger partial charge in [0.2, 0.25) is 0 Å². The van der Waals surface area contributed by atoms with Crippen molar-refractivity contribution in [2.45, 2.75) is 6.92 Å². The number of anilines is 1. The molecule has 1 heterocycles. The Hall–Kier alpha value is -1.66. The normalized spacial score (nSPS) is 20.9. The lowest BCUT2D eigenvalue weighted by atomic mass is 10.1. The molecule has 0 radical (unpaired) electrons. The van der Waals surface area contributed by atoms with Crippen LogP contribution in [-0.4, -0.2) is 15.9 Å². The topological polar surface area (TPSA) is 49.7 Å². The van der Waals surface area contributed by atoms with Crippen LogP contribution >= 0.6 is 15.9 Å². The van der Waals surface area contributed by atoms with Crippen LogP contribution in [0.15, 0.2) is 57.4 Å². The molecule has 2 aromatic rings. The highest BCUT2D eigenvalue weighted by molar-refractivity contribution is 9.10. The Morgan fingerprint density at radius 2 is 1.90 bits per heavy atom. The minimum Gasteiger partial charge on any atom is -0.268 e. The van der Waals surface area contributed by atoms with Gasteiger partial charge in [-0.1, -0.05) is 41.1 Å². The van der Waals surface area contributed by atoms with Crippen LogP contribution in [0.1, 0.15) is 17.3 Å². The molecule has 1 amide bonds. The van der Waals surface area contributed by atoms with E-state index in [0.717, 1.165) is 4.47 Å². The van der Waals surface area contributed by atoms with Crippen molar-refractivity contribution < 1.29 is 9.00 Å². The van der Waals surface area contributed by atoms with Crippen molar-refractivity contribution in [3.05, 3.63) is 58.6 Å². The van der Waals surface area contributed by atoms with Gasteiger partial charge in [0.05, 0.1) is 16.9 Å². The fraction of sp³-hybridized carbons (Fsp3) is 0.133. The van der Waals surface area contributed by atoms with E-state index in [1.807, 2.05) is 18.2 Å². The molecule has 1 aliphatic rings. The highest BCUT2D eigenvalue weighted by Crippen LogP contribution is 2.35. The molecule has 3 rings (SSSR count). The van der Waals surface area contributed by atoms with Crippen molar-refractivity contribution in [3.8, 4) is 0 Å². The Labute approximate surface area is 132 Å². The fourth-order valence-corrected chi connectivity index (χ4v) is 4.34. The maximum Gasteiger partial charge on any atom is 0.273 e. The number of benzene rings is 2. The first-order valence-electron chi connectivity index (χ1n) is 6.49. The Morgan fingerprint density at radius 1 is 1.19 bits per heavy atom. The van der Waals surface area contributed by atoms with E-state index in [-0.39, 0.29) is 11.7 Å². The Morgan fingerprint density at radius 3 is 2.57 bits per heavy atom. The van der Waals surface area contributed by atoms with Crippen molar-refractivity contribution in [1.29, 1.82) is 0 Å². The van der Waals surface area contributed by atoms with Crippen LogP contribution in [0.2, 0.25) is 0 Å². The average molecular weight is 365 g/mol. The lowest BCUT2D eigenvalue weighted by Crippen LogP contribution is -2.40. The molecule has 0 saturated heterocycles. The molecule has 2 aromatic carbocycles. The zero-order valence-corrected chi connectivity index (χ0v) is 13.7. The molecule has 1 atom stereocenters. The van der Waals surface area contributed by atoms with E-state index in [4.69, 9.17) is 0 Å². The minimum absolute atomic E-state index is 0.278. The zero-order valence-electron chi connectivity index (χ0n) is 11.3. The first-order chi connectivity index (χ1) is 10.0. The number of nitrogens with zero attached hydrogens (tertiary/aromatic N) is 2. The van der Waals surface area contributed by atoms with Gasteiger partial charge in [-0.3, -0.25) is 4.79 Å². The smallest absolute Gasteiger partial charge is 0.268 e. The molecule has 0 N–H and O–H groups in total. The second-order valence-electron chi connectivity index (χ2n) is 4.58. The summed E-state index contributed by atoms with van der Waals surface area (Å²) < 4.78 is 19.6. The van der Waals surface area contributed by atoms with Gasteiger partial charge in [0, 0.05) is 10.2 Å². The maximum atomic E-state index is 13.1. The van der Waals surface area contributed by atoms with Crippen molar-refractivity contribution in [1.82, 2.24) is 0 Å². The van der Waals surface area contributed by atoms with E-state index in [0.29, 0.717) is 16.9 Å². The molecule has 1 unspecified atom stereocenters. The third-order valence-electron chi connectivity index (χ3n) is 3.27. The number of carbonyl (C=O) groups excluding carboxylic acids is 1. The Balaban J connectivity index is 2.27. The van der Waals surface area contributed by atoms with Gasteiger partial charge < -0.3 is 0 Å². The third-order valence-corrected chi connectivity index (χ3v) is 5.94. The van der Waals surface area contributed by atoms with Crippen LogP contribution in [0.25, 0.3) is 0 Å². The second-order valence-corrected chi connectivity index (χ2v) is 7.84. The minimum atomic E-state index is -2.80. The van der Waals surface area contributed by atoms with E-state index in [2.05, 4.69) is 20.3 Å². The summed E-state index contributed by atoms with van der Waals surface area (Å²) >= 11 is 3.36. The largest absolute Gasteiger partial charge is 0.273 e. The number of rotatable bonds is 2. The molecule has 21 heavy (non-hydrogen) atoms. The molecular formula is C15H13BrN2O2S. The number of carbonyl (C=O) groups is 1. The molecular weight excluding hydrogens is 352 g/mol. The number of hydrogen-bond donors (Lipinski definition) is 0. The Kier molecular flexibility index (Phi) is 3.59. The lowest BCUT2D eigenvalue weighted by molar-refractivity contribution is 0.101. The summed E-state index contributed by atoms with van der Waals surface area (Å²) in [5.74, 6) is 0.00251. The Bertz CT molecular complexity index is 827. The summed E-state index contributed by atoms with van der Waals surface area (Å²) in [5.41, 5.74) is 1.55. The second kappa shape index (κ2) is 5.27. The number of hydrogen-bond acceptors (Lipinski definition) is 3. The number of fused-ring (bicyclic) bond motifs is 1. The van der Waals surface area contributed by atoms with Crippen LogP contribution in [0.4, 0.5) is 11.4 Å².